The summed E-state index contributed by atoms with van der Waals surface area (Å²) in [6.45, 7) is 0.284. The summed E-state index contributed by atoms with van der Waals surface area (Å²) in [6, 6.07) is 15.6. The Kier molecular flexibility index (Phi) is 6.44. The molecule has 0 fully saturated rings. The number of nitrogen functional groups attached to an aromatic ring is 1. The average Bonchev–Trinajstić information content (AvgIpc) is 2.77. The number of ether oxygens (including phenoxy) is 1. The molecule has 0 aliphatic heterocycles. The lowest BCUT2D eigenvalue weighted by Gasteiger charge is -2.06. The fourth-order valence-corrected chi connectivity index (χ4v) is 2.78. The van der Waals surface area contributed by atoms with Crippen molar-refractivity contribution in [2.75, 3.05) is 13.7 Å². The quantitative estimate of drug-likeness (QED) is 0.357. The first-order valence-electron chi connectivity index (χ1n) is 9.20. The van der Waals surface area contributed by atoms with E-state index >= 15 is 0 Å². The van der Waals surface area contributed by atoms with Gasteiger partial charge in [-0.1, -0.05) is 24.3 Å². The van der Waals surface area contributed by atoms with Gasteiger partial charge < -0.3 is 20.9 Å². The maximum absolute atomic E-state index is 12.3. The van der Waals surface area contributed by atoms with Crippen molar-refractivity contribution in [3.63, 3.8) is 0 Å². The Hall–Kier alpha value is -4.13. The molecule has 0 spiro atoms. The number of methoxy groups -OCH3 is 1. The van der Waals surface area contributed by atoms with Crippen LogP contribution in [0.15, 0.2) is 66.9 Å². The average molecular weight is 402 g/mol. The summed E-state index contributed by atoms with van der Waals surface area (Å²) in [5.41, 5.74) is 8.92. The van der Waals surface area contributed by atoms with Crippen molar-refractivity contribution in [2.24, 2.45) is 5.73 Å². The zero-order valence-corrected chi connectivity index (χ0v) is 16.4. The molecular weight excluding hydrogens is 380 g/mol. The Morgan fingerprint density at radius 1 is 1.13 bits per heavy atom. The molecule has 30 heavy (non-hydrogen) atoms. The van der Waals surface area contributed by atoms with Gasteiger partial charge in [0.15, 0.2) is 0 Å². The molecule has 0 unspecified atom stereocenters. The predicted octanol–water partition coefficient (Wildman–Crippen LogP) is 3.19. The van der Waals surface area contributed by atoms with Crippen LogP contribution in [0.1, 0.15) is 21.5 Å². The van der Waals surface area contributed by atoms with Crippen molar-refractivity contribution in [1.29, 1.82) is 5.41 Å². The molecule has 152 valence electrons. The number of carbonyl (C=O) groups excluding carboxylic acids is 1. The molecule has 1 heterocycles. The van der Waals surface area contributed by atoms with Gasteiger partial charge in [-0.2, -0.15) is 0 Å². The molecule has 1 aromatic heterocycles. The van der Waals surface area contributed by atoms with Gasteiger partial charge in [0, 0.05) is 41.1 Å². The molecule has 5 N–H and O–H groups in total. The maximum Gasteiger partial charge on any atom is 0.251 e. The maximum atomic E-state index is 12.3. The number of phenolic OH excluding ortho intramolecular Hbond substituents is 1. The van der Waals surface area contributed by atoms with Crippen LogP contribution in [0, 0.1) is 5.41 Å². The SMILES string of the molecule is COc1ccc(-c2ccc(C(=O)NC/C=C/c3cc(C(=N)N)ccc3O)cc2)cn1. The molecule has 0 saturated carbocycles. The second-order valence-corrected chi connectivity index (χ2v) is 6.47. The van der Waals surface area contributed by atoms with Crippen LogP contribution in [-0.4, -0.2) is 35.5 Å². The number of aromatic hydroxyl groups is 1. The van der Waals surface area contributed by atoms with Gasteiger partial charge in [0.2, 0.25) is 5.88 Å². The number of nitrogens with one attached hydrogen (secondary N) is 2. The number of nitrogens with two attached hydrogens (primary N) is 1. The number of hydrogen-bond donors (Lipinski definition) is 4. The second kappa shape index (κ2) is 9.38. The van der Waals surface area contributed by atoms with Gasteiger partial charge in [-0.3, -0.25) is 10.2 Å². The Balaban J connectivity index is 1.59. The monoisotopic (exact) mass is 402 g/mol. The minimum Gasteiger partial charge on any atom is -0.507 e. The van der Waals surface area contributed by atoms with Crippen LogP contribution in [0.25, 0.3) is 17.2 Å². The number of pyridine rings is 1. The zero-order chi connectivity index (χ0) is 21.5. The lowest BCUT2D eigenvalue weighted by atomic mass is 10.1. The van der Waals surface area contributed by atoms with Crippen molar-refractivity contribution < 1.29 is 14.6 Å². The van der Waals surface area contributed by atoms with Crippen LogP contribution in [0.4, 0.5) is 0 Å². The predicted molar refractivity (Wildman–Crippen MR) is 117 cm³/mol. The number of phenols is 1. The third kappa shape index (κ3) is 5.02. The highest BCUT2D eigenvalue weighted by Crippen LogP contribution is 2.21. The Morgan fingerprint density at radius 2 is 1.83 bits per heavy atom. The summed E-state index contributed by atoms with van der Waals surface area (Å²) in [5.74, 6) is 0.336. The van der Waals surface area contributed by atoms with Crippen molar-refractivity contribution in [1.82, 2.24) is 10.3 Å². The summed E-state index contributed by atoms with van der Waals surface area (Å²) < 4.78 is 5.05. The first-order chi connectivity index (χ1) is 14.5. The molecule has 0 saturated heterocycles. The van der Waals surface area contributed by atoms with Gasteiger partial charge in [0.25, 0.3) is 5.91 Å². The fraction of sp³-hybridized carbons (Fsp3) is 0.0870. The largest absolute Gasteiger partial charge is 0.507 e. The van der Waals surface area contributed by atoms with Gasteiger partial charge in [0.1, 0.15) is 11.6 Å². The molecule has 0 bridgehead atoms. The van der Waals surface area contributed by atoms with E-state index in [0.29, 0.717) is 22.6 Å². The molecule has 3 rings (SSSR count). The number of aromatic nitrogens is 1. The topological polar surface area (TPSA) is 121 Å². The van der Waals surface area contributed by atoms with E-state index in [4.69, 9.17) is 15.9 Å². The lowest BCUT2D eigenvalue weighted by Crippen LogP contribution is -2.23. The van der Waals surface area contributed by atoms with Crippen LogP contribution in [-0.2, 0) is 0 Å². The number of hydrogen-bond acceptors (Lipinski definition) is 5. The van der Waals surface area contributed by atoms with E-state index in [2.05, 4.69) is 10.3 Å². The van der Waals surface area contributed by atoms with Crippen molar-refractivity contribution in [3.8, 4) is 22.8 Å². The summed E-state index contributed by atoms with van der Waals surface area (Å²) in [5, 5.41) is 20.1. The molecule has 7 nitrogen and oxygen atoms in total. The minimum absolute atomic E-state index is 0.0752. The van der Waals surface area contributed by atoms with Crippen molar-refractivity contribution in [3.05, 3.63) is 83.6 Å². The summed E-state index contributed by atoms with van der Waals surface area (Å²) in [4.78, 5) is 16.5. The van der Waals surface area contributed by atoms with Crippen LogP contribution in [0.3, 0.4) is 0 Å². The number of rotatable bonds is 7. The Labute approximate surface area is 174 Å². The first kappa shape index (κ1) is 20.6. The molecule has 3 aromatic rings. The molecule has 0 radical (unpaired) electrons. The molecule has 1 amide bonds. The molecule has 0 aliphatic carbocycles. The molecule has 0 aliphatic rings. The van der Waals surface area contributed by atoms with E-state index in [1.165, 1.54) is 6.07 Å². The summed E-state index contributed by atoms with van der Waals surface area (Å²) in [7, 11) is 1.57. The van der Waals surface area contributed by atoms with E-state index in [-0.39, 0.29) is 24.0 Å². The fourth-order valence-electron chi connectivity index (χ4n) is 2.78. The van der Waals surface area contributed by atoms with Gasteiger partial charge in [0.05, 0.1) is 7.11 Å². The zero-order valence-electron chi connectivity index (χ0n) is 16.4. The molecule has 2 aromatic carbocycles. The Bertz CT molecular complexity index is 1070. The van der Waals surface area contributed by atoms with Crippen LogP contribution < -0.4 is 15.8 Å². The van der Waals surface area contributed by atoms with Gasteiger partial charge >= 0.3 is 0 Å². The summed E-state index contributed by atoms with van der Waals surface area (Å²) >= 11 is 0. The molecule has 0 atom stereocenters. The normalized spacial score (nSPS) is 10.7. The van der Waals surface area contributed by atoms with E-state index in [1.807, 2.05) is 18.2 Å². The van der Waals surface area contributed by atoms with Crippen molar-refractivity contribution in [2.45, 2.75) is 0 Å². The molecular formula is C23H22N4O3. The second-order valence-electron chi connectivity index (χ2n) is 6.47. The number of amidine groups is 1. The smallest absolute Gasteiger partial charge is 0.251 e. The number of benzene rings is 2. The number of carbonyl (C=O) groups is 1. The van der Waals surface area contributed by atoms with Gasteiger partial charge in [-0.05, 0) is 42.0 Å². The minimum atomic E-state index is -0.208. The third-order valence-corrected chi connectivity index (χ3v) is 4.44. The van der Waals surface area contributed by atoms with Gasteiger partial charge in [-0.25, -0.2) is 4.98 Å². The third-order valence-electron chi connectivity index (χ3n) is 4.44. The lowest BCUT2D eigenvalue weighted by molar-refractivity contribution is 0.0958. The van der Waals surface area contributed by atoms with E-state index in [1.54, 1.807) is 55.8 Å². The number of amides is 1. The van der Waals surface area contributed by atoms with E-state index in [9.17, 15) is 9.90 Å². The highest BCUT2D eigenvalue weighted by atomic mass is 16.5. The highest BCUT2D eigenvalue weighted by molar-refractivity contribution is 5.96. The summed E-state index contributed by atoms with van der Waals surface area (Å²) in [6.07, 6.45) is 5.10. The van der Waals surface area contributed by atoms with E-state index in [0.717, 1.165) is 11.1 Å². The van der Waals surface area contributed by atoms with Crippen LogP contribution >= 0.6 is 0 Å². The van der Waals surface area contributed by atoms with E-state index < -0.39 is 0 Å². The van der Waals surface area contributed by atoms with Crippen LogP contribution in [0.2, 0.25) is 0 Å². The highest BCUT2D eigenvalue weighted by Gasteiger charge is 2.06. The van der Waals surface area contributed by atoms with Crippen LogP contribution in [0.5, 0.6) is 11.6 Å². The number of nitrogens with zero attached hydrogens (tertiary/aromatic N) is 1. The van der Waals surface area contributed by atoms with Crippen molar-refractivity contribution >= 4 is 17.8 Å². The first-order valence-corrected chi connectivity index (χ1v) is 9.20. The van der Waals surface area contributed by atoms with Gasteiger partial charge in [-0.15, -0.1) is 0 Å². The Morgan fingerprint density at radius 3 is 2.47 bits per heavy atom. The molecule has 7 heteroatoms. The standard InChI is InChI=1S/C23H22N4O3/c1-30-21-11-9-19(14-27-21)15-4-6-16(7-5-15)23(29)26-12-2-3-17-13-18(22(24)25)8-10-20(17)28/h2-11,13-14,28H,12H2,1H3,(H3,24,25)(H,26,29)/b3-2+.